The summed E-state index contributed by atoms with van der Waals surface area (Å²) in [5.41, 5.74) is 1.12. The molecular formula is C21H24ClN5OS2. The lowest BCUT2D eigenvalue weighted by atomic mass is 10.1. The van der Waals surface area contributed by atoms with Gasteiger partial charge in [-0.05, 0) is 74.2 Å². The van der Waals surface area contributed by atoms with Gasteiger partial charge in [-0.25, -0.2) is 0 Å². The van der Waals surface area contributed by atoms with E-state index in [1.54, 1.807) is 15.9 Å². The first-order valence-electron chi connectivity index (χ1n) is 10.0. The smallest absolute Gasteiger partial charge is 0.243 e. The van der Waals surface area contributed by atoms with Crippen LogP contribution in [-0.2, 0) is 4.79 Å². The second-order valence-electron chi connectivity index (χ2n) is 7.43. The van der Waals surface area contributed by atoms with Gasteiger partial charge in [0.2, 0.25) is 5.91 Å². The quantitative estimate of drug-likeness (QED) is 0.494. The molecule has 1 amide bonds. The molecule has 2 unspecified atom stereocenters. The topological polar surface area (TPSA) is 66.0 Å². The van der Waals surface area contributed by atoms with Crippen LogP contribution < -0.4 is 5.32 Å². The van der Waals surface area contributed by atoms with Crippen molar-refractivity contribution in [2.45, 2.75) is 31.8 Å². The van der Waals surface area contributed by atoms with Crippen LogP contribution in [0.15, 0.2) is 41.8 Å². The number of H-pyrrole nitrogens is 1. The maximum absolute atomic E-state index is 13.1. The normalized spacial score (nSPS) is 16.5. The van der Waals surface area contributed by atoms with Gasteiger partial charge in [0, 0.05) is 11.6 Å². The second-order valence-corrected chi connectivity index (χ2v) is 9.21. The summed E-state index contributed by atoms with van der Waals surface area (Å²) in [6, 6.07) is 11.4. The third-order valence-electron chi connectivity index (χ3n) is 5.50. The van der Waals surface area contributed by atoms with Crippen molar-refractivity contribution < 1.29 is 4.79 Å². The van der Waals surface area contributed by atoms with E-state index >= 15 is 0 Å². The van der Waals surface area contributed by atoms with Crippen LogP contribution in [0, 0.1) is 4.77 Å². The number of thiophene rings is 1. The fourth-order valence-electron chi connectivity index (χ4n) is 3.93. The van der Waals surface area contributed by atoms with E-state index in [0.29, 0.717) is 22.2 Å². The maximum atomic E-state index is 13.1. The zero-order chi connectivity index (χ0) is 21.1. The number of nitrogens with one attached hydrogen (secondary N) is 2. The molecule has 0 bridgehead atoms. The third kappa shape index (κ3) is 4.51. The van der Waals surface area contributed by atoms with E-state index in [2.05, 4.69) is 26.5 Å². The second kappa shape index (κ2) is 9.43. The van der Waals surface area contributed by atoms with E-state index in [1.165, 1.54) is 12.8 Å². The summed E-state index contributed by atoms with van der Waals surface area (Å²) in [5.74, 6) is 0.597. The highest BCUT2D eigenvalue weighted by atomic mass is 35.5. The highest BCUT2D eigenvalue weighted by Gasteiger charge is 2.26. The van der Waals surface area contributed by atoms with Crippen LogP contribution in [0.2, 0.25) is 5.02 Å². The molecule has 1 aromatic carbocycles. The SMILES string of the molecule is CC(C(=O)NCC(c1cccc(Cl)c1)N1CCCC1)n1c(-c2cccs2)n[nH]c1=S. The fourth-order valence-corrected chi connectivity index (χ4v) is 5.13. The molecule has 2 atom stereocenters. The van der Waals surface area contributed by atoms with Gasteiger partial charge in [0.15, 0.2) is 10.6 Å². The lowest BCUT2D eigenvalue weighted by Gasteiger charge is -2.29. The van der Waals surface area contributed by atoms with Gasteiger partial charge in [-0.1, -0.05) is 29.8 Å². The lowest BCUT2D eigenvalue weighted by Crippen LogP contribution is -2.39. The monoisotopic (exact) mass is 461 g/mol. The van der Waals surface area contributed by atoms with E-state index in [4.69, 9.17) is 23.8 Å². The highest BCUT2D eigenvalue weighted by molar-refractivity contribution is 7.71. The zero-order valence-electron chi connectivity index (χ0n) is 16.7. The summed E-state index contributed by atoms with van der Waals surface area (Å²) < 4.78 is 2.22. The minimum atomic E-state index is -0.480. The molecule has 1 fully saturated rings. The van der Waals surface area contributed by atoms with Crippen molar-refractivity contribution in [2.24, 2.45) is 0 Å². The molecule has 30 heavy (non-hydrogen) atoms. The minimum Gasteiger partial charge on any atom is -0.352 e. The largest absolute Gasteiger partial charge is 0.352 e. The van der Waals surface area contributed by atoms with Gasteiger partial charge < -0.3 is 5.32 Å². The molecule has 2 aromatic heterocycles. The third-order valence-corrected chi connectivity index (χ3v) is 6.89. The summed E-state index contributed by atoms with van der Waals surface area (Å²) in [7, 11) is 0. The molecule has 6 nitrogen and oxygen atoms in total. The van der Waals surface area contributed by atoms with Crippen LogP contribution in [0.1, 0.15) is 37.4 Å². The molecule has 1 aliphatic heterocycles. The van der Waals surface area contributed by atoms with Gasteiger partial charge in [-0.3, -0.25) is 19.4 Å². The summed E-state index contributed by atoms with van der Waals surface area (Å²) in [6.45, 7) is 4.42. The van der Waals surface area contributed by atoms with E-state index < -0.39 is 6.04 Å². The molecule has 1 saturated heterocycles. The Morgan fingerprint density at radius 3 is 2.83 bits per heavy atom. The first-order chi connectivity index (χ1) is 14.5. The molecule has 9 heteroatoms. The Balaban J connectivity index is 1.51. The van der Waals surface area contributed by atoms with Gasteiger partial charge in [-0.2, -0.15) is 5.10 Å². The van der Waals surface area contributed by atoms with E-state index in [9.17, 15) is 4.79 Å². The fraction of sp³-hybridized carbons (Fsp3) is 0.381. The Hall–Kier alpha value is -2.00. The molecule has 4 rings (SSSR count). The number of hydrogen-bond acceptors (Lipinski definition) is 5. The average Bonchev–Trinajstić information content (AvgIpc) is 3.49. The number of aromatic amines is 1. The van der Waals surface area contributed by atoms with Crippen LogP contribution in [0.3, 0.4) is 0 Å². The first kappa shape index (κ1) is 21.2. The highest BCUT2D eigenvalue weighted by Crippen LogP contribution is 2.28. The lowest BCUT2D eigenvalue weighted by molar-refractivity contribution is -0.124. The molecular weight excluding hydrogens is 438 g/mol. The van der Waals surface area contributed by atoms with Gasteiger partial charge >= 0.3 is 0 Å². The van der Waals surface area contributed by atoms with Crippen LogP contribution in [0.4, 0.5) is 0 Å². The summed E-state index contributed by atoms with van der Waals surface area (Å²) in [4.78, 5) is 16.5. The Kier molecular flexibility index (Phi) is 6.67. The number of likely N-dealkylation sites (tertiary alicyclic amines) is 1. The Morgan fingerprint density at radius 1 is 1.33 bits per heavy atom. The standard InChI is InChI=1S/C21H24ClN5OS2/c1-14(27-19(24-25-21(27)29)18-8-5-11-30-18)20(28)23-13-17(26-9-2-3-10-26)15-6-4-7-16(22)12-15/h4-8,11-12,14,17H,2-3,9-10,13H2,1H3,(H,23,28)(H,25,29). The van der Waals surface area contributed by atoms with E-state index in [1.807, 2.05) is 42.6 Å². The number of amides is 1. The Morgan fingerprint density at radius 2 is 2.13 bits per heavy atom. The van der Waals surface area contributed by atoms with Crippen LogP contribution in [-0.4, -0.2) is 45.2 Å². The molecule has 0 aliphatic carbocycles. The molecule has 0 radical (unpaired) electrons. The van der Waals surface area contributed by atoms with Crippen LogP contribution in [0.5, 0.6) is 0 Å². The average molecular weight is 462 g/mol. The molecule has 0 spiro atoms. The van der Waals surface area contributed by atoms with Crippen molar-refractivity contribution in [3.05, 3.63) is 57.1 Å². The minimum absolute atomic E-state index is 0.0865. The Bertz CT molecular complexity index is 1060. The van der Waals surface area contributed by atoms with Gasteiger partial charge in [0.05, 0.1) is 10.9 Å². The molecule has 158 valence electrons. The molecule has 2 N–H and O–H groups in total. The summed E-state index contributed by atoms with van der Waals surface area (Å²) in [6.07, 6.45) is 2.35. The number of nitrogens with zero attached hydrogens (tertiary/aromatic N) is 3. The number of hydrogen-bond donors (Lipinski definition) is 2. The van der Waals surface area contributed by atoms with Crippen molar-refractivity contribution in [3.63, 3.8) is 0 Å². The predicted octanol–water partition coefficient (Wildman–Crippen LogP) is 4.84. The number of aromatic nitrogens is 3. The van der Waals surface area contributed by atoms with Crippen LogP contribution in [0.25, 0.3) is 10.7 Å². The molecule has 3 aromatic rings. The number of carbonyl (C=O) groups excluding carboxylic acids is 1. The van der Waals surface area contributed by atoms with E-state index in [0.717, 1.165) is 23.5 Å². The van der Waals surface area contributed by atoms with Crippen molar-refractivity contribution in [3.8, 4) is 10.7 Å². The first-order valence-corrected chi connectivity index (χ1v) is 11.7. The van der Waals surface area contributed by atoms with Gasteiger partial charge in [-0.15, -0.1) is 11.3 Å². The number of benzene rings is 1. The number of carbonyl (C=O) groups is 1. The summed E-state index contributed by atoms with van der Waals surface area (Å²) >= 11 is 13.2. The zero-order valence-corrected chi connectivity index (χ0v) is 19.1. The van der Waals surface area contributed by atoms with Crippen molar-refractivity contribution in [1.29, 1.82) is 0 Å². The van der Waals surface area contributed by atoms with Crippen LogP contribution >= 0.6 is 35.2 Å². The van der Waals surface area contributed by atoms with Gasteiger partial charge in [0.25, 0.3) is 0 Å². The summed E-state index contributed by atoms with van der Waals surface area (Å²) in [5, 5.41) is 13.0. The molecule has 0 saturated carbocycles. The van der Waals surface area contributed by atoms with Crippen molar-refractivity contribution in [1.82, 2.24) is 25.0 Å². The van der Waals surface area contributed by atoms with Gasteiger partial charge in [0.1, 0.15) is 6.04 Å². The van der Waals surface area contributed by atoms with Crippen molar-refractivity contribution in [2.75, 3.05) is 19.6 Å². The number of halogens is 1. The molecule has 3 heterocycles. The maximum Gasteiger partial charge on any atom is 0.243 e. The van der Waals surface area contributed by atoms with Crippen molar-refractivity contribution >= 4 is 41.1 Å². The predicted molar refractivity (Wildman–Crippen MR) is 123 cm³/mol. The van der Waals surface area contributed by atoms with E-state index in [-0.39, 0.29) is 11.9 Å². The molecule has 1 aliphatic rings. The number of rotatable bonds is 7. The Labute approximate surface area is 189 Å².